The van der Waals surface area contributed by atoms with Crippen molar-refractivity contribution in [2.45, 2.75) is 12.0 Å². The van der Waals surface area contributed by atoms with Crippen LogP contribution in [0.1, 0.15) is 22.0 Å². The number of rotatable bonds is 4. The monoisotopic (exact) mass is 245 g/mol. The quantitative estimate of drug-likeness (QED) is 0.779. The third kappa shape index (κ3) is 2.98. The van der Waals surface area contributed by atoms with E-state index < -0.39 is 24.5 Å². The van der Waals surface area contributed by atoms with E-state index in [0.717, 1.165) is 0 Å². The lowest BCUT2D eigenvalue weighted by Crippen LogP contribution is -2.36. The number of aliphatic hydroxyl groups excluding tert-OH is 1. The molecule has 6 heteroatoms. The summed E-state index contributed by atoms with van der Waals surface area (Å²) >= 11 is 0. The van der Waals surface area contributed by atoms with Gasteiger partial charge >= 0.3 is 5.97 Å². The Labute approximate surface area is 97.0 Å². The summed E-state index contributed by atoms with van der Waals surface area (Å²) in [5.74, 6) is -3.95. The molecule has 1 aromatic carbocycles. The maximum Gasteiger partial charge on any atom is 0.337 e. The van der Waals surface area contributed by atoms with Crippen molar-refractivity contribution in [1.29, 1.82) is 0 Å². The van der Waals surface area contributed by atoms with Crippen LogP contribution in [-0.2, 0) is 4.74 Å². The van der Waals surface area contributed by atoms with Gasteiger partial charge in [-0.05, 0) is 17.7 Å². The van der Waals surface area contributed by atoms with Crippen molar-refractivity contribution in [3.8, 4) is 0 Å². The van der Waals surface area contributed by atoms with E-state index in [2.05, 4.69) is 4.74 Å². The molecular formula is C11H13F2NO3. The molecule has 0 saturated carbocycles. The summed E-state index contributed by atoms with van der Waals surface area (Å²) in [5, 5.41) is 8.50. The van der Waals surface area contributed by atoms with E-state index in [-0.39, 0.29) is 11.1 Å². The minimum Gasteiger partial charge on any atom is -0.465 e. The fraction of sp³-hybridized carbons (Fsp3) is 0.364. The molecule has 1 atom stereocenters. The Morgan fingerprint density at radius 3 is 2.41 bits per heavy atom. The summed E-state index contributed by atoms with van der Waals surface area (Å²) in [6.07, 6.45) is 0. The number of carbonyl (C=O) groups excluding carboxylic acids is 1. The number of nitrogens with two attached hydrogens (primary N) is 1. The van der Waals surface area contributed by atoms with Gasteiger partial charge < -0.3 is 15.6 Å². The van der Waals surface area contributed by atoms with E-state index in [0.29, 0.717) is 0 Å². The predicted molar refractivity (Wildman–Crippen MR) is 56.7 cm³/mol. The van der Waals surface area contributed by atoms with Crippen LogP contribution in [0.5, 0.6) is 0 Å². The van der Waals surface area contributed by atoms with Crippen molar-refractivity contribution in [2.75, 3.05) is 13.7 Å². The van der Waals surface area contributed by atoms with Crippen LogP contribution < -0.4 is 5.73 Å². The summed E-state index contributed by atoms with van der Waals surface area (Å²) in [6, 6.07) is 3.68. The van der Waals surface area contributed by atoms with Crippen LogP contribution in [0.3, 0.4) is 0 Å². The minimum atomic E-state index is -3.40. The summed E-state index contributed by atoms with van der Waals surface area (Å²) in [5.41, 5.74) is 5.70. The molecule has 17 heavy (non-hydrogen) atoms. The Hall–Kier alpha value is -1.53. The smallest absolute Gasteiger partial charge is 0.337 e. The highest BCUT2D eigenvalue weighted by molar-refractivity contribution is 5.89. The largest absolute Gasteiger partial charge is 0.465 e. The van der Waals surface area contributed by atoms with E-state index in [1.165, 1.54) is 31.4 Å². The van der Waals surface area contributed by atoms with Gasteiger partial charge in [0.2, 0.25) is 0 Å². The summed E-state index contributed by atoms with van der Waals surface area (Å²) < 4.78 is 30.6. The lowest BCUT2D eigenvalue weighted by Gasteiger charge is -2.21. The second kappa shape index (κ2) is 5.20. The number of aliphatic hydroxyl groups is 1. The zero-order chi connectivity index (χ0) is 13.1. The topological polar surface area (TPSA) is 72.5 Å². The molecule has 3 N–H and O–H groups in total. The molecule has 0 bridgehead atoms. The number of esters is 1. The van der Waals surface area contributed by atoms with Gasteiger partial charge in [-0.25, -0.2) is 13.6 Å². The Morgan fingerprint density at radius 1 is 1.47 bits per heavy atom. The van der Waals surface area contributed by atoms with Crippen molar-refractivity contribution in [1.82, 2.24) is 0 Å². The molecule has 0 amide bonds. The van der Waals surface area contributed by atoms with Gasteiger partial charge in [-0.15, -0.1) is 0 Å². The normalized spacial score (nSPS) is 13.2. The van der Waals surface area contributed by atoms with Crippen LogP contribution >= 0.6 is 0 Å². The van der Waals surface area contributed by atoms with Gasteiger partial charge in [-0.3, -0.25) is 0 Å². The molecule has 0 fully saturated rings. The molecule has 0 aromatic heterocycles. The molecule has 0 spiro atoms. The second-order valence-electron chi connectivity index (χ2n) is 3.51. The lowest BCUT2D eigenvalue weighted by molar-refractivity contribution is -0.0711. The average Bonchev–Trinajstić information content (AvgIpc) is 2.37. The maximum absolute atomic E-state index is 13.1. The third-order valence-corrected chi connectivity index (χ3v) is 2.36. The van der Waals surface area contributed by atoms with Crippen molar-refractivity contribution in [2.24, 2.45) is 5.73 Å². The lowest BCUT2D eigenvalue weighted by atomic mass is 10.0. The van der Waals surface area contributed by atoms with Crippen molar-refractivity contribution in [3.63, 3.8) is 0 Å². The van der Waals surface area contributed by atoms with Gasteiger partial charge in [0.05, 0.1) is 18.7 Å². The Balaban J connectivity index is 2.91. The van der Waals surface area contributed by atoms with E-state index in [1.54, 1.807) is 0 Å². The first-order valence-corrected chi connectivity index (χ1v) is 4.85. The fourth-order valence-corrected chi connectivity index (χ4v) is 1.29. The molecule has 1 aromatic rings. The van der Waals surface area contributed by atoms with Crippen LogP contribution in [0.4, 0.5) is 8.78 Å². The fourth-order valence-electron chi connectivity index (χ4n) is 1.29. The highest BCUT2D eigenvalue weighted by Gasteiger charge is 2.37. The van der Waals surface area contributed by atoms with Gasteiger partial charge in [0.15, 0.2) is 0 Å². The van der Waals surface area contributed by atoms with E-state index in [1.807, 2.05) is 0 Å². The molecule has 4 nitrogen and oxygen atoms in total. The van der Waals surface area contributed by atoms with Crippen LogP contribution in [0.15, 0.2) is 24.3 Å². The Bertz CT molecular complexity index is 392. The number of halogens is 2. The highest BCUT2D eigenvalue weighted by Crippen LogP contribution is 2.28. The maximum atomic E-state index is 13.1. The minimum absolute atomic E-state index is 0.136. The molecule has 1 rings (SSSR count). The number of benzene rings is 1. The van der Waals surface area contributed by atoms with Crippen LogP contribution in [-0.4, -0.2) is 30.7 Å². The molecule has 0 saturated heterocycles. The standard InChI is InChI=1S/C11H13F2NO3/c1-17-10(16)8-4-2-7(3-5-8)9(14)11(12,13)6-15/h2-5,9,15H,6,14H2,1H3/t9-/m0/s1. The second-order valence-corrected chi connectivity index (χ2v) is 3.51. The molecule has 0 aliphatic carbocycles. The van der Waals surface area contributed by atoms with Crippen LogP contribution in [0, 0.1) is 0 Å². The van der Waals surface area contributed by atoms with Gasteiger partial charge in [-0.1, -0.05) is 12.1 Å². The summed E-state index contributed by atoms with van der Waals surface area (Å²) in [7, 11) is 1.22. The van der Waals surface area contributed by atoms with Crippen molar-refractivity contribution < 1.29 is 23.4 Å². The van der Waals surface area contributed by atoms with Gasteiger partial charge in [0.1, 0.15) is 6.61 Å². The first kappa shape index (κ1) is 13.5. The van der Waals surface area contributed by atoms with Gasteiger partial charge in [-0.2, -0.15) is 0 Å². The number of hydrogen-bond donors (Lipinski definition) is 2. The number of ether oxygens (including phenoxy) is 1. The summed E-state index contributed by atoms with van der Waals surface area (Å²) in [4.78, 5) is 11.1. The molecule has 0 radical (unpaired) electrons. The van der Waals surface area contributed by atoms with E-state index in [9.17, 15) is 13.6 Å². The SMILES string of the molecule is COC(=O)c1ccc([C@H](N)C(F)(F)CO)cc1. The van der Waals surface area contributed by atoms with E-state index in [4.69, 9.17) is 10.8 Å². The molecule has 0 aliphatic heterocycles. The van der Waals surface area contributed by atoms with Crippen molar-refractivity contribution >= 4 is 5.97 Å². The Kier molecular flexibility index (Phi) is 4.14. The molecular weight excluding hydrogens is 232 g/mol. The van der Waals surface area contributed by atoms with Crippen LogP contribution in [0.25, 0.3) is 0 Å². The first-order valence-electron chi connectivity index (χ1n) is 4.85. The first-order chi connectivity index (χ1) is 7.92. The summed E-state index contributed by atoms with van der Waals surface area (Å²) in [6.45, 7) is -1.33. The molecule has 0 unspecified atom stereocenters. The van der Waals surface area contributed by atoms with Crippen LogP contribution in [0.2, 0.25) is 0 Å². The third-order valence-electron chi connectivity index (χ3n) is 2.36. The van der Waals surface area contributed by atoms with Crippen molar-refractivity contribution in [3.05, 3.63) is 35.4 Å². The zero-order valence-electron chi connectivity index (χ0n) is 9.19. The molecule has 0 aliphatic rings. The number of methoxy groups -OCH3 is 1. The number of hydrogen-bond acceptors (Lipinski definition) is 4. The zero-order valence-corrected chi connectivity index (χ0v) is 9.19. The Morgan fingerprint density at radius 2 is 2.00 bits per heavy atom. The predicted octanol–water partition coefficient (Wildman–Crippen LogP) is 1.10. The highest BCUT2D eigenvalue weighted by atomic mass is 19.3. The molecule has 94 valence electrons. The van der Waals surface area contributed by atoms with Gasteiger partial charge in [0, 0.05) is 0 Å². The average molecular weight is 245 g/mol. The number of alkyl halides is 2. The number of carbonyl (C=O) groups is 1. The van der Waals surface area contributed by atoms with E-state index >= 15 is 0 Å². The molecule has 0 heterocycles. The van der Waals surface area contributed by atoms with Gasteiger partial charge in [0.25, 0.3) is 5.92 Å².